The lowest BCUT2D eigenvalue weighted by atomic mass is 10.1. The highest BCUT2D eigenvalue weighted by Gasteiger charge is 2.09. The Bertz CT molecular complexity index is 867. The minimum atomic E-state index is 0.678. The summed E-state index contributed by atoms with van der Waals surface area (Å²) >= 11 is 6.14. The van der Waals surface area contributed by atoms with Gasteiger partial charge in [0.2, 0.25) is 0 Å². The maximum atomic E-state index is 8.99. The molecule has 21 heavy (non-hydrogen) atoms. The second-order valence-electron chi connectivity index (χ2n) is 4.89. The summed E-state index contributed by atoms with van der Waals surface area (Å²) in [6.45, 7) is 1.81. The van der Waals surface area contributed by atoms with Crippen LogP contribution in [0.25, 0.3) is 22.7 Å². The molecule has 1 heterocycles. The second kappa shape index (κ2) is 5.47. The molecule has 2 aromatic carbocycles. The Morgan fingerprint density at radius 2 is 1.95 bits per heavy atom. The fourth-order valence-corrected chi connectivity index (χ4v) is 2.58. The minimum absolute atomic E-state index is 0.678. The highest BCUT2D eigenvalue weighted by atomic mass is 35.5. The molecule has 3 heteroatoms. The molecule has 2 nitrogen and oxygen atoms in total. The zero-order chi connectivity index (χ0) is 14.8. The Morgan fingerprint density at radius 1 is 1.19 bits per heavy atom. The number of hydrogen-bond acceptors (Lipinski definition) is 1. The van der Waals surface area contributed by atoms with Gasteiger partial charge in [0.25, 0.3) is 0 Å². The van der Waals surface area contributed by atoms with E-state index in [1.165, 1.54) is 0 Å². The van der Waals surface area contributed by atoms with Crippen LogP contribution in [0.4, 0.5) is 0 Å². The zero-order valence-corrected chi connectivity index (χ0v) is 12.3. The SMILES string of the molecule is C/C(C#N)=C/c1cn(-c2ccccc2)c2cc(Cl)ccc12. The fraction of sp³-hybridized carbons (Fsp3) is 0.0556. The summed E-state index contributed by atoms with van der Waals surface area (Å²) in [5.74, 6) is 0. The first-order valence-corrected chi connectivity index (χ1v) is 7.01. The number of hydrogen-bond donors (Lipinski definition) is 0. The highest BCUT2D eigenvalue weighted by molar-refractivity contribution is 6.31. The molecule has 3 rings (SSSR count). The van der Waals surface area contributed by atoms with E-state index >= 15 is 0 Å². The molecular weight excluding hydrogens is 280 g/mol. The molecule has 0 saturated heterocycles. The Kier molecular flexibility index (Phi) is 3.51. The number of nitriles is 1. The highest BCUT2D eigenvalue weighted by Crippen LogP contribution is 2.29. The van der Waals surface area contributed by atoms with Gasteiger partial charge in [-0.05, 0) is 37.3 Å². The van der Waals surface area contributed by atoms with Gasteiger partial charge >= 0.3 is 0 Å². The van der Waals surface area contributed by atoms with E-state index < -0.39 is 0 Å². The van der Waals surface area contributed by atoms with Gasteiger partial charge in [-0.3, -0.25) is 0 Å². The van der Waals surface area contributed by atoms with Crippen molar-refractivity contribution in [2.24, 2.45) is 0 Å². The molecule has 0 spiro atoms. The first kappa shape index (κ1) is 13.5. The molecule has 0 aliphatic rings. The van der Waals surface area contributed by atoms with Crippen molar-refractivity contribution in [3.8, 4) is 11.8 Å². The molecule has 102 valence electrons. The minimum Gasteiger partial charge on any atom is -0.316 e. The van der Waals surface area contributed by atoms with Crippen molar-refractivity contribution in [3.63, 3.8) is 0 Å². The molecule has 0 atom stereocenters. The van der Waals surface area contributed by atoms with Gasteiger partial charge in [0.1, 0.15) is 0 Å². The fourth-order valence-electron chi connectivity index (χ4n) is 2.41. The lowest BCUT2D eigenvalue weighted by Crippen LogP contribution is -1.90. The monoisotopic (exact) mass is 292 g/mol. The number of aromatic nitrogens is 1. The van der Waals surface area contributed by atoms with Crippen LogP contribution in [0.3, 0.4) is 0 Å². The summed E-state index contributed by atoms with van der Waals surface area (Å²) in [6.07, 6.45) is 3.94. The predicted octanol–water partition coefficient (Wildman–Crippen LogP) is 5.21. The van der Waals surface area contributed by atoms with E-state index in [9.17, 15) is 0 Å². The predicted molar refractivity (Wildman–Crippen MR) is 87.5 cm³/mol. The Balaban J connectivity index is 2.31. The zero-order valence-electron chi connectivity index (χ0n) is 11.5. The van der Waals surface area contributed by atoms with Gasteiger partial charge < -0.3 is 4.57 Å². The molecule has 0 aliphatic carbocycles. The topological polar surface area (TPSA) is 28.7 Å². The van der Waals surface area contributed by atoms with Crippen molar-refractivity contribution < 1.29 is 0 Å². The van der Waals surface area contributed by atoms with Gasteiger partial charge in [0.05, 0.1) is 11.6 Å². The largest absolute Gasteiger partial charge is 0.316 e. The molecule has 0 bridgehead atoms. The van der Waals surface area contributed by atoms with E-state index in [2.05, 4.69) is 10.6 Å². The molecule has 0 saturated carbocycles. The number of fused-ring (bicyclic) bond motifs is 1. The van der Waals surface area contributed by atoms with E-state index in [1.54, 1.807) is 0 Å². The van der Waals surface area contributed by atoms with Gasteiger partial charge in [-0.25, -0.2) is 0 Å². The molecule has 0 aliphatic heterocycles. The van der Waals surface area contributed by atoms with Gasteiger partial charge in [0, 0.05) is 33.4 Å². The average Bonchev–Trinajstić information content (AvgIpc) is 2.86. The first-order chi connectivity index (χ1) is 10.2. The van der Waals surface area contributed by atoms with Crippen LogP contribution in [0.2, 0.25) is 5.02 Å². The van der Waals surface area contributed by atoms with Gasteiger partial charge in [-0.2, -0.15) is 5.26 Å². The van der Waals surface area contributed by atoms with Crippen molar-refractivity contribution >= 4 is 28.6 Å². The van der Waals surface area contributed by atoms with E-state index in [4.69, 9.17) is 16.9 Å². The summed E-state index contributed by atoms with van der Waals surface area (Å²) in [5.41, 5.74) is 3.80. The third-order valence-electron chi connectivity index (χ3n) is 3.38. The number of halogens is 1. The lowest BCUT2D eigenvalue weighted by molar-refractivity contribution is 1.13. The number of benzene rings is 2. The van der Waals surface area contributed by atoms with Crippen LogP contribution in [0.1, 0.15) is 12.5 Å². The van der Waals surface area contributed by atoms with Crippen molar-refractivity contribution in [1.82, 2.24) is 4.57 Å². The number of nitrogens with zero attached hydrogens (tertiary/aromatic N) is 2. The number of para-hydroxylation sites is 1. The van der Waals surface area contributed by atoms with Crippen molar-refractivity contribution in [2.45, 2.75) is 6.92 Å². The first-order valence-electron chi connectivity index (χ1n) is 6.63. The van der Waals surface area contributed by atoms with Gasteiger partial charge in [-0.15, -0.1) is 0 Å². The quantitative estimate of drug-likeness (QED) is 0.596. The van der Waals surface area contributed by atoms with Crippen molar-refractivity contribution in [3.05, 3.63) is 70.9 Å². The summed E-state index contributed by atoms with van der Waals surface area (Å²) in [6, 6.07) is 18.1. The van der Waals surface area contributed by atoms with Crippen LogP contribution in [0, 0.1) is 11.3 Å². The molecule has 0 unspecified atom stereocenters. The standard InChI is InChI=1S/C18H13ClN2/c1-13(11-20)9-14-12-21(16-5-3-2-4-6-16)18-10-15(19)7-8-17(14)18/h2-10,12H,1H3/b13-9-. The number of rotatable bonds is 2. The van der Waals surface area contributed by atoms with Crippen LogP contribution in [0.15, 0.2) is 60.3 Å². The molecule has 0 amide bonds. The molecule has 3 aromatic rings. The molecule has 0 fully saturated rings. The average molecular weight is 293 g/mol. The van der Waals surface area contributed by atoms with Crippen LogP contribution < -0.4 is 0 Å². The normalized spacial score (nSPS) is 11.6. The van der Waals surface area contributed by atoms with Crippen molar-refractivity contribution in [2.75, 3.05) is 0 Å². The van der Waals surface area contributed by atoms with E-state index in [-0.39, 0.29) is 0 Å². The van der Waals surface area contributed by atoms with Crippen molar-refractivity contribution in [1.29, 1.82) is 5.26 Å². The maximum Gasteiger partial charge on any atom is 0.0944 e. The van der Waals surface area contributed by atoms with Crippen LogP contribution in [-0.2, 0) is 0 Å². The van der Waals surface area contributed by atoms with Gasteiger partial charge in [0.15, 0.2) is 0 Å². The van der Waals surface area contributed by atoms with Crippen LogP contribution >= 0.6 is 11.6 Å². The van der Waals surface area contributed by atoms with Crippen LogP contribution in [-0.4, -0.2) is 4.57 Å². The molecular formula is C18H13ClN2. The summed E-state index contributed by atoms with van der Waals surface area (Å²) in [7, 11) is 0. The molecule has 0 radical (unpaired) electrons. The maximum absolute atomic E-state index is 8.99. The smallest absolute Gasteiger partial charge is 0.0944 e. The second-order valence-corrected chi connectivity index (χ2v) is 5.33. The van der Waals surface area contributed by atoms with Gasteiger partial charge in [-0.1, -0.05) is 35.9 Å². The Labute approximate surface area is 128 Å². The Morgan fingerprint density at radius 3 is 2.67 bits per heavy atom. The van der Waals surface area contributed by atoms with E-state index in [0.29, 0.717) is 10.6 Å². The van der Waals surface area contributed by atoms with E-state index in [0.717, 1.165) is 22.2 Å². The third-order valence-corrected chi connectivity index (χ3v) is 3.62. The van der Waals surface area contributed by atoms with E-state index in [1.807, 2.05) is 67.7 Å². The summed E-state index contributed by atoms with van der Waals surface area (Å²) < 4.78 is 2.09. The number of allylic oxidation sites excluding steroid dienone is 1. The lowest BCUT2D eigenvalue weighted by Gasteiger charge is -2.04. The summed E-state index contributed by atoms with van der Waals surface area (Å²) in [4.78, 5) is 0. The third kappa shape index (κ3) is 2.56. The van der Waals surface area contributed by atoms with Crippen LogP contribution in [0.5, 0.6) is 0 Å². The molecule has 1 aromatic heterocycles. The Hall–Kier alpha value is -2.50. The summed E-state index contributed by atoms with van der Waals surface area (Å²) in [5, 5.41) is 10.8. The molecule has 0 N–H and O–H groups in total.